The van der Waals surface area contributed by atoms with Gasteiger partial charge in [0.1, 0.15) is 5.82 Å². The second-order valence-corrected chi connectivity index (χ2v) is 8.01. The van der Waals surface area contributed by atoms with E-state index in [0.717, 1.165) is 50.0 Å². The predicted octanol–water partition coefficient (Wildman–Crippen LogP) is 4.80. The van der Waals surface area contributed by atoms with Crippen LogP contribution in [0.2, 0.25) is 0 Å². The summed E-state index contributed by atoms with van der Waals surface area (Å²) in [6.45, 7) is 3.04. The number of carbonyl (C=O) groups is 1. The molecule has 1 aromatic heterocycles. The largest absolute Gasteiger partial charge is 0.493 e. The van der Waals surface area contributed by atoms with Gasteiger partial charge in [0.2, 0.25) is 0 Å². The summed E-state index contributed by atoms with van der Waals surface area (Å²) in [5, 5.41) is 7.78. The fourth-order valence-electron chi connectivity index (χ4n) is 4.18. The third-order valence-corrected chi connectivity index (χ3v) is 5.92. The maximum atomic E-state index is 13.4. The summed E-state index contributed by atoms with van der Waals surface area (Å²) in [7, 11) is 3.10. The lowest BCUT2D eigenvalue weighted by Crippen LogP contribution is -2.34. The number of hydrogen-bond donors (Lipinski definition) is 1. The van der Waals surface area contributed by atoms with Crippen LogP contribution in [0.4, 0.5) is 14.9 Å². The number of hydrogen-bond acceptors (Lipinski definition) is 7. The molecule has 9 heteroatoms. The molecule has 8 nitrogen and oxygen atoms in total. The summed E-state index contributed by atoms with van der Waals surface area (Å²) in [5.41, 5.74) is 1.98. The number of amides is 1. The van der Waals surface area contributed by atoms with E-state index in [1.807, 2.05) is 0 Å². The molecule has 0 unspecified atom stereocenters. The number of carbonyl (C=O) groups excluding carboxylic acids is 1. The molecule has 1 amide bonds. The van der Waals surface area contributed by atoms with Gasteiger partial charge in [0.15, 0.2) is 17.1 Å². The number of anilines is 1. The van der Waals surface area contributed by atoms with E-state index in [-0.39, 0.29) is 5.82 Å². The molecule has 0 atom stereocenters. The van der Waals surface area contributed by atoms with Crippen LogP contribution in [0.25, 0.3) is 11.0 Å². The third-order valence-electron chi connectivity index (χ3n) is 5.92. The first-order valence-electron chi connectivity index (χ1n) is 11.0. The van der Waals surface area contributed by atoms with Crippen molar-refractivity contribution in [1.82, 2.24) is 10.1 Å². The highest BCUT2D eigenvalue weighted by atomic mass is 19.1. The first-order chi connectivity index (χ1) is 16.1. The number of halogens is 1. The van der Waals surface area contributed by atoms with Crippen LogP contribution in [0.1, 0.15) is 30.9 Å². The van der Waals surface area contributed by atoms with Gasteiger partial charge in [0, 0.05) is 35.7 Å². The van der Waals surface area contributed by atoms with Crippen molar-refractivity contribution in [3.8, 4) is 11.5 Å². The van der Waals surface area contributed by atoms with E-state index in [9.17, 15) is 9.18 Å². The van der Waals surface area contributed by atoms with Gasteiger partial charge in [-0.05, 0) is 56.6 Å². The van der Waals surface area contributed by atoms with Gasteiger partial charge in [0.25, 0.3) is 0 Å². The maximum absolute atomic E-state index is 13.4. The van der Waals surface area contributed by atoms with E-state index in [4.69, 9.17) is 18.7 Å². The number of ether oxygens (including phenoxy) is 3. The molecular formula is C24H28FN3O5. The molecule has 33 heavy (non-hydrogen) atoms. The van der Waals surface area contributed by atoms with Crippen LogP contribution >= 0.6 is 0 Å². The molecule has 1 fully saturated rings. The molecule has 4 rings (SSSR count). The lowest BCUT2D eigenvalue weighted by Gasteiger charge is -2.31. The number of aromatic nitrogens is 1. The van der Waals surface area contributed by atoms with E-state index in [1.165, 1.54) is 19.2 Å². The highest BCUT2D eigenvalue weighted by molar-refractivity contribution is 5.85. The van der Waals surface area contributed by atoms with Crippen molar-refractivity contribution in [1.29, 1.82) is 0 Å². The number of likely N-dealkylation sites (tertiary alicyclic amines) is 1. The van der Waals surface area contributed by atoms with Gasteiger partial charge in [-0.15, -0.1) is 0 Å². The van der Waals surface area contributed by atoms with Crippen molar-refractivity contribution < 1.29 is 27.9 Å². The topological polar surface area (TPSA) is 86.1 Å². The third kappa shape index (κ3) is 5.54. The molecule has 2 aromatic carbocycles. The number of fused-ring (bicyclic) bond motifs is 1. The molecule has 176 valence electrons. The van der Waals surface area contributed by atoms with Gasteiger partial charge in [-0.3, -0.25) is 5.32 Å². The summed E-state index contributed by atoms with van der Waals surface area (Å²) < 4.78 is 34.4. The number of piperidine rings is 1. The monoisotopic (exact) mass is 457 g/mol. The fourth-order valence-corrected chi connectivity index (χ4v) is 4.18. The zero-order valence-electron chi connectivity index (χ0n) is 18.8. The van der Waals surface area contributed by atoms with Gasteiger partial charge in [-0.25, -0.2) is 9.18 Å². The summed E-state index contributed by atoms with van der Waals surface area (Å²) in [6.07, 6.45) is 2.16. The standard InChI is InChI=1S/C24H28FN3O5/c1-30-20-7-5-18(15-22(20)31-2)26-24(29)32-13-3-10-28-11-8-16(9-12-28)23-19-6-4-17(25)14-21(19)33-27-23/h4-7,14-16H,3,8-13H2,1-2H3,(H,26,29). The average molecular weight is 458 g/mol. The Morgan fingerprint density at radius 1 is 1.15 bits per heavy atom. The predicted molar refractivity (Wildman–Crippen MR) is 122 cm³/mol. The molecule has 1 aliphatic rings. The second-order valence-electron chi connectivity index (χ2n) is 8.01. The Morgan fingerprint density at radius 3 is 2.70 bits per heavy atom. The highest BCUT2D eigenvalue weighted by Gasteiger charge is 2.25. The molecule has 1 saturated heterocycles. The van der Waals surface area contributed by atoms with Crippen LogP contribution in [0.5, 0.6) is 11.5 Å². The molecule has 0 spiro atoms. The van der Waals surface area contributed by atoms with Crippen molar-refractivity contribution >= 4 is 22.7 Å². The average Bonchev–Trinajstić information content (AvgIpc) is 3.25. The smallest absolute Gasteiger partial charge is 0.411 e. The number of rotatable bonds is 8. The summed E-state index contributed by atoms with van der Waals surface area (Å²) in [4.78, 5) is 14.4. The first-order valence-corrected chi connectivity index (χ1v) is 11.0. The summed E-state index contributed by atoms with van der Waals surface area (Å²) in [6, 6.07) is 9.69. The lowest BCUT2D eigenvalue weighted by molar-refractivity contribution is 0.145. The van der Waals surface area contributed by atoms with Gasteiger partial charge in [-0.2, -0.15) is 0 Å². The molecule has 1 aliphatic heterocycles. The maximum Gasteiger partial charge on any atom is 0.411 e. The van der Waals surface area contributed by atoms with Gasteiger partial charge < -0.3 is 23.6 Å². The van der Waals surface area contributed by atoms with Gasteiger partial charge >= 0.3 is 6.09 Å². The minimum absolute atomic E-state index is 0.302. The minimum Gasteiger partial charge on any atom is -0.493 e. The fraction of sp³-hybridized carbons (Fsp3) is 0.417. The van der Waals surface area contributed by atoms with Crippen molar-refractivity contribution in [2.24, 2.45) is 0 Å². The lowest BCUT2D eigenvalue weighted by atomic mass is 9.91. The minimum atomic E-state index is -0.504. The Labute approximate surface area is 191 Å². The zero-order chi connectivity index (χ0) is 23.2. The normalized spacial score (nSPS) is 14.9. The van der Waals surface area contributed by atoms with Crippen LogP contribution in [-0.4, -0.2) is 56.6 Å². The quantitative estimate of drug-likeness (QED) is 0.486. The number of nitrogens with zero attached hydrogens (tertiary/aromatic N) is 2. The molecular weight excluding hydrogens is 429 g/mol. The van der Waals surface area contributed by atoms with Crippen molar-refractivity contribution in [2.45, 2.75) is 25.2 Å². The van der Waals surface area contributed by atoms with Crippen molar-refractivity contribution in [3.63, 3.8) is 0 Å². The van der Waals surface area contributed by atoms with Crippen LogP contribution in [0.3, 0.4) is 0 Å². The molecule has 1 N–H and O–H groups in total. The van der Waals surface area contributed by atoms with Crippen LogP contribution in [0, 0.1) is 5.82 Å². The second kappa shape index (κ2) is 10.5. The highest BCUT2D eigenvalue weighted by Crippen LogP contribution is 2.33. The van der Waals surface area contributed by atoms with Gasteiger partial charge in [-0.1, -0.05) is 5.16 Å². The van der Waals surface area contributed by atoms with E-state index in [0.29, 0.717) is 35.3 Å². The summed E-state index contributed by atoms with van der Waals surface area (Å²) >= 11 is 0. The van der Waals surface area contributed by atoms with Crippen LogP contribution in [-0.2, 0) is 4.74 Å². The van der Waals surface area contributed by atoms with E-state index in [1.54, 1.807) is 31.4 Å². The Morgan fingerprint density at radius 2 is 1.94 bits per heavy atom. The van der Waals surface area contributed by atoms with Crippen LogP contribution in [0.15, 0.2) is 40.9 Å². The summed E-state index contributed by atoms with van der Waals surface area (Å²) in [5.74, 6) is 1.10. The Kier molecular flexibility index (Phi) is 7.29. The first kappa shape index (κ1) is 22.8. The number of nitrogens with one attached hydrogen (secondary N) is 1. The zero-order valence-corrected chi connectivity index (χ0v) is 18.8. The molecule has 0 bridgehead atoms. The SMILES string of the molecule is COc1ccc(NC(=O)OCCCN2CCC(c3noc4cc(F)ccc34)CC2)cc1OC. The van der Waals surface area contributed by atoms with Crippen molar-refractivity contribution in [2.75, 3.05) is 45.8 Å². The Bertz CT molecular complexity index is 1090. The molecule has 3 aromatic rings. The molecule has 0 radical (unpaired) electrons. The van der Waals surface area contributed by atoms with E-state index < -0.39 is 6.09 Å². The number of methoxy groups -OCH3 is 2. The van der Waals surface area contributed by atoms with Gasteiger partial charge in [0.05, 0.1) is 26.5 Å². The molecule has 0 saturated carbocycles. The Balaban J connectivity index is 1.17. The Hall–Kier alpha value is -3.33. The van der Waals surface area contributed by atoms with Crippen molar-refractivity contribution in [3.05, 3.63) is 47.9 Å². The van der Waals surface area contributed by atoms with E-state index in [2.05, 4.69) is 15.4 Å². The van der Waals surface area contributed by atoms with E-state index >= 15 is 0 Å². The molecule has 2 heterocycles. The molecule has 0 aliphatic carbocycles. The van der Waals surface area contributed by atoms with Crippen LogP contribution < -0.4 is 14.8 Å². The number of benzene rings is 2.